The Kier molecular flexibility index (Phi) is 6.86. The molecule has 3 heterocycles. The number of hydrogen-bond acceptors (Lipinski definition) is 5. The fourth-order valence-electron chi connectivity index (χ4n) is 3.39. The summed E-state index contributed by atoms with van der Waals surface area (Å²) in [6.45, 7) is 8.79. The van der Waals surface area contributed by atoms with Crippen LogP contribution >= 0.6 is 0 Å². The van der Waals surface area contributed by atoms with Crippen molar-refractivity contribution in [3.8, 4) is 11.6 Å². The molecule has 8 heteroatoms. The molecule has 1 aliphatic rings. The summed E-state index contributed by atoms with van der Waals surface area (Å²) >= 11 is 0. The number of furan rings is 1. The SMILES string of the molecule is CN=C(NCCc1nc(-c2ccco2)n[nH]1)NC1CCN(CC(C)C)CC1. The zero-order valence-corrected chi connectivity index (χ0v) is 16.5. The Bertz CT molecular complexity index is 699. The quantitative estimate of drug-likeness (QED) is 0.507. The second-order valence-corrected chi connectivity index (χ2v) is 7.45. The number of guanidine groups is 1. The van der Waals surface area contributed by atoms with Crippen molar-refractivity contribution in [3.63, 3.8) is 0 Å². The number of piperidine rings is 1. The summed E-state index contributed by atoms with van der Waals surface area (Å²) < 4.78 is 5.31. The third kappa shape index (κ3) is 5.82. The van der Waals surface area contributed by atoms with Gasteiger partial charge < -0.3 is 20.0 Å². The smallest absolute Gasteiger partial charge is 0.216 e. The van der Waals surface area contributed by atoms with Gasteiger partial charge in [-0.15, -0.1) is 0 Å². The lowest BCUT2D eigenvalue weighted by Gasteiger charge is -2.33. The van der Waals surface area contributed by atoms with Gasteiger partial charge in [0, 0.05) is 45.7 Å². The summed E-state index contributed by atoms with van der Waals surface area (Å²) in [5.74, 6) is 3.67. The van der Waals surface area contributed by atoms with E-state index < -0.39 is 0 Å². The highest BCUT2D eigenvalue weighted by molar-refractivity contribution is 5.79. The molecule has 27 heavy (non-hydrogen) atoms. The van der Waals surface area contributed by atoms with E-state index in [0.29, 0.717) is 17.6 Å². The number of likely N-dealkylation sites (tertiary alicyclic amines) is 1. The second-order valence-electron chi connectivity index (χ2n) is 7.45. The Balaban J connectivity index is 1.39. The number of aromatic nitrogens is 3. The maximum atomic E-state index is 5.31. The number of H-pyrrole nitrogens is 1. The first-order valence-electron chi connectivity index (χ1n) is 9.78. The van der Waals surface area contributed by atoms with Gasteiger partial charge in [-0.3, -0.25) is 10.1 Å². The molecule has 1 fully saturated rings. The zero-order chi connectivity index (χ0) is 19.1. The standard InChI is InChI=1S/C19H31N7O/c1-14(2)13-26-10-7-15(8-11-26)22-19(20-3)21-9-6-17-23-18(25-24-17)16-5-4-12-27-16/h4-5,12,14-15H,6-11,13H2,1-3H3,(H2,20,21,22)(H,23,24,25). The lowest BCUT2D eigenvalue weighted by Crippen LogP contribution is -2.49. The van der Waals surface area contributed by atoms with Crippen molar-refractivity contribution in [3.05, 3.63) is 24.2 Å². The fraction of sp³-hybridized carbons (Fsp3) is 0.632. The summed E-state index contributed by atoms with van der Waals surface area (Å²) in [6, 6.07) is 4.16. The monoisotopic (exact) mass is 373 g/mol. The number of rotatable bonds is 7. The van der Waals surface area contributed by atoms with Crippen LogP contribution < -0.4 is 10.6 Å². The van der Waals surface area contributed by atoms with Crippen molar-refractivity contribution >= 4 is 5.96 Å². The molecule has 0 aliphatic carbocycles. The minimum absolute atomic E-state index is 0.482. The average molecular weight is 374 g/mol. The van der Waals surface area contributed by atoms with Crippen molar-refractivity contribution in [2.75, 3.05) is 33.2 Å². The van der Waals surface area contributed by atoms with Gasteiger partial charge in [0.25, 0.3) is 0 Å². The van der Waals surface area contributed by atoms with Crippen LogP contribution in [0.2, 0.25) is 0 Å². The predicted octanol–water partition coefficient (Wildman–Crippen LogP) is 1.89. The van der Waals surface area contributed by atoms with Crippen LogP contribution in [-0.2, 0) is 6.42 Å². The predicted molar refractivity (Wildman–Crippen MR) is 107 cm³/mol. The number of aromatic amines is 1. The van der Waals surface area contributed by atoms with E-state index in [0.717, 1.165) is 56.6 Å². The largest absolute Gasteiger partial charge is 0.461 e. The van der Waals surface area contributed by atoms with Crippen LogP contribution in [0.3, 0.4) is 0 Å². The molecule has 148 valence electrons. The second kappa shape index (κ2) is 9.55. The van der Waals surface area contributed by atoms with Gasteiger partial charge in [-0.25, -0.2) is 4.98 Å². The topological polar surface area (TPSA) is 94.4 Å². The molecule has 1 aliphatic heterocycles. The molecule has 1 saturated heterocycles. The molecule has 0 amide bonds. The molecule has 3 N–H and O–H groups in total. The molecule has 8 nitrogen and oxygen atoms in total. The highest BCUT2D eigenvalue weighted by Gasteiger charge is 2.20. The Labute approximate surface area is 160 Å². The molecule has 0 radical (unpaired) electrons. The van der Waals surface area contributed by atoms with Gasteiger partial charge >= 0.3 is 0 Å². The fourth-order valence-corrected chi connectivity index (χ4v) is 3.39. The summed E-state index contributed by atoms with van der Waals surface area (Å²) in [6.07, 6.45) is 4.67. The van der Waals surface area contributed by atoms with Crippen LogP contribution in [0.4, 0.5) is 0 Å². The van der Waals surface area contributed by atoms with Crippen LogP contribution in [0.15, 0.2) is 27.8 Å². The first-order chi connectivity index (χ1) is 13.1. The van der Waals surface area contributed by atoms with Gasteiger partial charge in [0.15, 0.2) is 11.7 Å². The molecule has 0 spiro atoms. The van der Waals surface area contributed by atoms with E-state index in [1.807, 2.05) is 19.2 Å². The minimum atomic E-state index is 0.482. The molecule has 2 aromatic heterocycles. The molecular weight excluding hydrogens is 342 g/mol. The van der Waals surface area contributed by atoms with Crippen molar-refractivity contribution in [1.29, 1.82) is 0 Å². The van der Waals surface area contributed by atoms with Gasteiger partial charge in [0.2, 0.25) is 5.82 Å². The van der Waals surface area contributed by atoms with Crippen molar-refractivity contribution in [2.45, 2.75) is 39.2 Å². The first-order valence-corrected chi connectivity index (χ1v) is 9.78. The highest BCUT2D eigenvalue weighted by atomic mass is 16.3. The van der Waals surface area contributed by atoms with Gasteiger partial charge in [0.05, 0.1) is 6.26 Å². The van der Waals surface area contributed by atoms with E-state index in [1.54, 1.807) is 6.26 Å². The Morgan fingerprint density at radius 3 is 2.89 bits per heavy atom. The normalized spacial score (nSPS) is 16.8. The number of hydrogen-bond donors (Lipinski definition) is 3. The molecule has 0 atom stereocenters. The van der Waals surface area contributed by atoms with Crippen LogP contribution in [-0.4, -0.2) is 65.3 Å². The number of aliphatic imine (C=N–C) groups is 1. The Hall–Kier alpha value is -2.35. The van der Waals surface area contributed by atoms with Gasteiger partial charge in [0.1, 0.15) is 5.82 Å². The molecule has 0 aromatic carbocycles. The van der Waals surface area contributed by atoms with Crippen LogP contribution in [0, 0.1) is 5.92 Å². The van der Waals surface area contributed by atoms with E-state index in [1.165, 1.54) is 6.54 Å². The molecule has 0 unspecified atom stereocenters. The van der Waals surface area contributed by atoms with Gasteiger partial charge in [-0.2, -0.15) is 5.10 Å². The first kappa shape index (κ1) is 19.4. The summed E-state index contributed by atoms with van der Waals surface area (Å²) in [7, 11) is 1.81. The molecule has 2 aromatic rings. The molecule has 3 rings (SSSR count). The average Bonchev–Trinajstić information content (AvgIpc) is 3.33. The van der Waals surface area contributed by atoms with Crippen molar-refractivity contribution < 1.29 is 4.42 Å². The Morgan fingerprint density at radius 1 is 1.41 bits per heavy atom. The molecular formula is C19H31N7O. The lowest BCUT2D eigenvalue weighted by molar-refractivity contribution is 0.187. The summed E-state index contributed by atoms with van der Waals surface area (Å²) in [5, 5.41) is 14.1. The van der Waals surface area contributed by atoms with E-state index >= 15 is 0 Å². The van der Waals surface area contributed by atoms with Crippen LogP contribution in [0.25, 0.3) is 11.6 Å². The van der Waals surface area contributed by atoms with Crippen molar-refractivity contribution in [1.82, 2.24) is 30.7 Å². The maximum absolute atomic E-state index is 5.31. The third-order valence-corrected chi connectivity index (χ3v) is 4.70. The maximum Gasteiger partial charge on any atom is 0.216 e. The number of nitrogens with one attached hydrogen (secondary N) is 3. The van der Waals surface area contributed by atoms with E-state index in [4.69, 9.17) is 4.42 Å². The zero-order valence-electron chi connectivity index (χ0n) is 16.5. The summed E-state index contributed by atoms with van der Waals surface area (Å²) in [4.78, 5) is 11.4. The van der Waals surface area contributed by atoms with E-state index in [9.17, 15) is 0 Å². The van der Waals surface area contributed by atoms with Crippen LogP contribution in [0.1, 0.15) is 32.5 Å². The van der Waals surface area contributed by atoms with Gasteiger partial charge in [-0.1, -0.05) is 13.8 Å². The third-order valence-electron chi connectivity index (χ3n) is 4.70. The molecule has 0 saturated carbocycles. The van der Waals surface area contributed by atoms with Gasteiger partial charge in [-0.05, 0) is 30.9 Å². The van der Waals surface area contributed by atoms with Crippen LogP contribution in [0.5, 0.6) is 0 Å². The molecule has 0 bridgehead atoms. The highest BCUT2D eigenvalue weighted by Crippen LogP contribution is 2.14. The summed E-state index contributed by atoms with van der Waals surface area (Å²) in [5.41, 5.74) is 0. The Morgan fingerprint density at radius 2 is 2.22 bits per heavy atom. The number of nitrogens with zero attached hydrogens (tertiary/aromatic N) is 4. The van der Waals surface area contributed by atoms with E-state index in [2.05, 4.69) is 49.6 Å². The minimum Gasteiger partial charge on any atom is -0.461 e. The van der Waals surface area contributed by atoms with Crippen molar-refractivity contribution in [2.24, 2.45) is 10.9 Å². The lowest BCUT2D eigenvalue weighted by atomic mass is 10.0. The van der Waals surface area contributed by atoms with E-state index in [-0.39, 0.29) is 0 Å².